The number of nitrogens with zero attached hydrogens (tertiary/aromatic N) is 10. The molecule has 6 heterocycles. The Hall–Kier alpha value is -7.67. The van der Waals surface area contributed by atoms with Crippen LogP contribution in [0.5, 0.6) is 28.7 Å². The number of sulfonamides is 3. The summed E-state index contributed by atoms with van der Waals surface area (Å²) < 4.78 is 106. The fourth-order valence-corrected chi connectivity index (χ4v) is 17.7. The normalized spacial score (nSPS) is 11.9. The summed E-state index contributed by atoms with van der Waals surface area (Å²) in [5.74, 6) is 5.82. The van der Waals surface area contributed by atoms with Crippen molar-refractivity contribution >= 4 is 134 Å². The van der Waals surface area contributed by atoms with E-state index < -0.39 is 41.3 Å². The van der Waals surface area contributed by atoms with Crippen molar-refractivity contribution in [2.75, 3.05) is 105 Å². The molecule has 0 saturated carbocycles. The lowest BCUT2D eigenvalue weighted by molar-refractivity contribution is 0.0273. The van der Waals surface area contributed by atoms with E-state index in [2.05, 4.69) is 60.1 Å². The molecular formula is C68H93N17O13S9. The van der Waals surface area contributed by atoms with Crippen LogP contribution in [0.4, 0.5) is 34.9 Å². The Balaban J connectivity index is 0.000000229. The van der Waals surface area contributed by atoms with Crippen LogP contribution in [0.15, 0.2) is 94.3 Å². The Morgan fingerprint density at radius 3 is 1.36 bits per heavy atom. The Kier molecular flexibility index (Phi) is 32.1. The van der Waals surface area contributed by atoms with Crippen LogP contribution in [0.25, 0.3) is 31.7 Å². The molecule has 0 bridgehead atoms. The maximum Gasteiger partial charge on any atom is 0.232 e. The van der Waals surface area contributed by atoms with E-state index in [1.165, 1.54) is 62.4 Å². The second kappa shape index (κ2) is 39.6. The zero-order valence-electron chi connectivity index (χ0n) is 61.5. The standard InChI is InChI=1S/C24H36N8O7S5.C22H29N5O3S2.C22H28N4O3S2/c1-5-6-20-17(15-40-24-30-21(25)14-22(26)31-24)29-23(41-20)16-7-8-18(19(13-16)39-12-10-28-43(3,35)36)32(44(4,37)38)11-9-27-42(2,33)34;1-5-6-17-14(11-31-19-10-18(23)26-21(24)27-19)25-20(32-17)13-7-8-15(29-4)16(9-13)30-12-22(2,3)28;1-5-6-18-15(12-30-21-24-10-9-19(23)26-21)25-20(31-18)14-7-8-16(28-4)17(11-14)29-13-22(2,3)27/h7-8,13-14,27-28H,5-6,9-12,15H2,1-4H3,(H4,25,26,30,31);7-10,28H,5-6,11-12H2,1-4H3,(H4,23,24,26,27);7-11,27H,5-6,12-13H2,1-4H3,(H2,23,24,26). The Morgan fingerprint density at radius 2 is 0.925 bits per heavy atom. The maximum absolute atomic E-state index is 12.8. The van der Waals surface area contributed by atoms with Crippen LogP contribution in [0.2, 0.25) is 0 Å². The molecule has 0 amide bonds. The van der Waals surface area contributed by atoms with Crippen molar-refractivity contribution < 1.29 is 59.2 Å². The van der Waals surface area contributed by atoms with Crippen molar-refractivity contribution in [2.45, 2.75) is 131 Å². The number of hydrogen-bond donors (Lipinski definition) is 9. The van der Waals surface area contributed by atoms with E-state index in [0.717, 1.165) is 110 Å². The summed E-state index contributed by atoms with van der Waals surface area (Å²) in [5, 5.41) is 24.3. The highest BCUT2D eigenvalue weighted by atomic mass is 32.2. The molecule has 14 N–H and O–H groups in total. The molecule has 107 heavy (non-hydrogen) atoms. The molecule has 0 aliphatic heterocycles. The van der Waals surface area contributed by atoms with E-state index >= 15 is 0 Å². The molecule has 9 aromatic rings. The van der Waals surface area contributed by atoms with Gasteiger partial charge < -0.3 is 62.6 Å². The van der Waals surface area contributed by atoms with Gasteiger partial charge in [0.2, 0.25) is 36.0 Å². The molecular weight excluding hydrogens is 1550 g/mol. The number of nitrogens with two attached hydrogens (primary N) is 5. The third-order valence-electron chi connectivity index (χ3n) is 14.2. The molecule has 0 atom stereocenters. The van der Waals surface area contributed by atoms with Crippen molar-refractivity contribution in [3.63, 3.8) is 0 Å². The van der Waals surface area contributed by atoms with Crippen molar-refractivity contribution in [1.82, 2.24) is 54.3 Å². The zero-order chi connectivity index (χ0) is 78.4. The molecule has 0 radical (unpaired) electrons. The van der Waals surface area contributed by atoms with Gasteiger partial charge in [-0.3, -0.25) is 4.31 Å². The largest absolute Gasteiger partial charge is 0.493 e. The van der Waals surface area contributed by atoms with Crippen LogP contribution in [-0.4, -0.2) is 164 Å². The summed E-state index contributed by atoms with van der Waals surface area (Å²) in [6.07, 6.45) is 10.3. The summed E-state index contributed by atoms with van der Waals surface area (Å²) in [5.41, 5.74) is 32.5. The second-order valence-corrected chi connectivity index (χ2v) is 36.9. The molecule has 0 fully saturated rings. The molecule has 6 aromatic heterocycles. The van der Waals surface area contributed by atoms with E-state index in [1.54, 1.807) is 101 Å². The smallest absolute Gasteiger partial charge is 0.232 e. The van der Waals surface area contributed by atoms with E-state index in [-0.39, 0.29) is 68.5 Å². The maximum atomic E-state index is 12.8. The minimum atomic E-state index is -3.88. The predicted molar refractivity (Wildman–Crippen MR) is 432 cm³/mol. The van der Waals surface area contributed by atoms with E-state index in [1.807, 2.05) is 36.4 Å². The lowest BCUT2D eigenvalue weighted by atomic mass is 10.1. The van der Waals surface area contributed by atoms with Crippen molar-refractivity contribution in [1.29, 1.82) is 0 Å². The van der Waals surface area contributed by atoms with Gasteiger partial charge in [0.1, 0.15) is 68.9 Å². The quantitative estimate of drug-likeness (QED) is 0.00756. The number of nitrogen functional groups attached to an aromatic ring is 5. The van der Waals surface area contributed by atoms with Gasteiger partial charge in [-0.25, -0.2) is 74.6 Å². The summed E-state index contributed by atoms with van der Waals surface area (Å²) in [6, 6.07) is 21.2. The first-order chi connectivity index (χ1) is 50.4. The number of thioether (sulfide) groups is 3. The Bertz CT molecular complexity index is 4750. The van der Waals surface area contributed by atoms with Crippen molar-refractivity contribution in [3.8, 4) is 60.5 Å². The van der Waals surface area contributed by atoms with E-state index in [9.17, 15) is 35.5 Å². The van der Waals surface area contributed by atoms with Gasteiger partial charge in [0, 0.05) is 86.5 Å². The van der Waals surface area contributed by atoms with Crippen molar-refractivity contribution in [2.24, 2.45) is 0 Å². The summed E-state index contributed by atoms with van der Waals surface area (Å²) in [6.45, 7) is 12.9. The Morgan fingerprint density at radius 1 is 0.495 bits per heavy atom. The predicted octanol–water partition coefficient (Wildman–Crippen LogP) is 10.0. The number of thiazole rings is 3. The van der Waals surface area contributed by atoms with Gasteiger partial charge in [0.15, 0.2) is 33.3 Å². The summed E-state index contributed by atoms with van der Waals surface area (Å²) in [7, 11) is -7.72. The average Bonchev–Trinajstić information content (AvgIpc) is 1.79. The van der Waals surface area contributed by atoms with Gasteiger partial charge in [-0.1, -0.05) is 75.3 Å². The van der Waals surface area contributed by atoms with Gasteiger partial charge in [-0.05, 0) is 108 Å². The molecule has 30 nitrogen and oxygen atoms in total. The highest BCUT2D eigenvalue weighted by molar-refractivity contribution is 7.99. The van der Waals surface area contributed by atoms with Crippen LogP contribution < -0.4 is 66.1 Å². The fraction of sp³-hybridized carbons (Fsp3) is 0.426. The fourth-order valence-electron chi connectivity index (χ4n) is 9.53. The first kappa shape index (κ1) is 86.6. The second-order valence-electron chi connectivity index (χ2n) is 25.2. The number of benzene rings is 3. The minimum absolute atomic E-state index is 0.0626. The molecule has 0 spiro atoms. The van der Waals surface area contributed by atoms with E-state index in [0.29, 0.717) is 72.8 Å². The van der Waals surface area contributed by atoms with Crippen LogP contribution in [0.3, 0.4) is 0 Å². The van der Waals surface area contributed by atoms with Crippen molar-refractivity contribution in [3.05, 3.63) is 111 Å². The molecule has 0 saturated heterocycles. The highest BCUT2D eigenvalue weighted by Crippen LogP contribution is 2.42. The number of aliphatic hydroxyl groups is 2. The molecule has 9 rings (SSSR count). The minimum Gasteiger partial charge on any atom is -0.493 e. The molecule has 0 aliphatic rings. The number of methoxy groups -OCH3 is 2. The SMILES string of the molecule is CCCc1sc(-c2ccc(N(CCNS(C)(=O)=O)S(C)(=O)=O)c(OCCNS(C)(=O)=O)c2)nc1CSc1nc(N)cc(N)n1.CCCc1sc(-c2ccc(OC)c(OCC(C)(C)O)c2)nc1CSc1cc(N)nc(N)n1.CCCc1sc(-c2ccc(OC)c(OCC(C)(C)O)c2)nc1CSc1nccc(N)n1. The number of aryl methyl sites for hydroxylation is 3. The lowest BCUT2D eigenvalue weighted by Crippen LogP contribution is -2.38. The number of aromatic nitrogens is 9. The van der Waals surface area contributed by atoms with Gasteiger partial charge in [0.05, 0.1) is 67.0 Å². The third kappa shape index (κ3) is 28.7. The number of hydrogen-bond acceptors (Lipinski definition) is 33. The van der Waals surface area contributed by atoms with Crippen LogP contribution in [-0.2, 0) is 66.6 Å². The monoisotopic (exact) mass is 1640 g/mol. The molecule has 582 valence electrons. The average molecular weight is 1650 g/mol. The molecule has 0 aliphatic carbocycles. The zero-order valence-corrected chi connectivity index (χ0v) is 68.9. The van der Waals surface area contributed by atoms with Gasteiger partial charge in [0.25, 0.3) is 0 Å². The number of ether oxygens (including phenoxy) is 5. The molecule has 3 aromatic carbocycles. The molecule has 0 unspecified atom stereocenters. The van der Waals surface area contributed by atoms with Crippen LogP contribution in [0, 0.1) is 0 Å². The number of nitrogens with one attached hydrogen (secondary N) is 2. The lowest BCUT2D eigenvalue weighted by Gasteiger charge is -2.25. The van der Waals surface area contributed by atoms with E-state index in [4.69, 9.17) is 67.3 Å². The van der Waals surface area contributed by atoms with Gasteiger partial charge >= 0.3 is 0 Å². The molecule has 39 heteroatoms. The topological polar surface area (TPSA) is 462 Å². The van der Waals surface area contributed by atoms with Gasteiger partial charge in [-0.15, -0.1) is 34.0 Å². The third-order valence-corrected chi connectivity index (χ3v) is 23.1. The highest BCUT2D eigenvalue weighted by Gasteiger charge is 2.26. The first-order valence-electron chi connectivity index (χ1n) is 33.4. The first-order valence-corrected chi connectivity index (χ1v) is 44.4. The van der Waals surface area contributed by atoms with Gasteiger partial charge in [-0.2, -0.15) is 4.98 Å². The summed E-state index contributed by atoms with van der Waals surface area (Å²) in [4.78, 5) is 43.3. The summed E-state index contributed by atoms with van der Waals surface area (Å²) >= 11 is 9.25. The van der Waals surface area contributed by atoms with Crippen LogP contribution in [0.1, 0.15) is 99.4 Å². The van der Waals surface area contributed by atoms with Crippen LogP contribution >= 0.6 is 69.3 Å². The number of rotatable bonds is 37. The number of anilines is 6. The Labute approximate surface area is 650 Å².